The van der Waals surface area contributed by atoms with Crippen molar-refractivity contribution < 1.29 is 19.7 Å². The van der Waals surface area contributed by atoms with E-state index in [1.807, 2.05) is 0 Å². The Balaban J connectivity index is 1.79. The van der Waals surface area contributed by atoms with Crippen LogP contribution in [0.15, 0.2) is 11.6 Å². The quantitative estimate of drug-likeness (QED) is 0.525. The van der Waals surface area contributed by atoms with Gasteiger partial charge in [0.2, 0.25) is 0 Å². The van der Waals surface area contributed by atoms with Gasteiger partial charge in [-0.05, 0) is 37.5 Å². The van der Waals surface area contributed by atoms with Gasteiger partial charge in [-0.25, -0.2) is 0 Å². The van der Waals surface area contributed by atoms with Gasteiger partial charge in [-0.1, -0.05) is 31.9 Å². The van der Waals surface area contributed by atoms with E-state index in [1.165, 1.54) is 24.8 Å². The number of ether oxygens (including phenoxy) is 1. The van der Waals surface area contributed by atoms with Crippen molar-refractivity contribution in [3.8, 4) is 0 Å². The molecule has 1 saturated carbocycles. The molecule has 0 amide bonds. The largest absolute Gasteiger partial charge is 0.461 e. The SMILES string of the molecule is C[C@H]1CCC[C@]2(C)C[C@H]3OC(=O)[C@H](CNC(C)(CO)CO)[C@H]3C=C12. The zero-order chi connectivity index (χ0) is 17.5. The molecule has 2 fully saturated rings. The summed E-state index contributed by atoms with van der Waals surface area (Å²) in [5.41, 5.74) is 0.907. The molecule has 5 heteroatoms. The number of aliphatic hydroxyl groups excluding tert-OH is 2. The van der Waals surface area contributed by atoms with Crippen molar-refractivity contribution >= 4 is 5.97 Å². The number of rotatable bonds is 5. The number of nitrogens with one attached hydrogen (secondary N) is 1. The molecular formula is C19H31NO4. The maximum absolute atomic E-state index is 12.4. The number of hydrogen-bond donors (Lipinski definition) is 3. The molecule has 0 unspecified atom stereocenters. The van der Waals surface area contributed by atoms with E-state index in [0.29, 0.717) is 12.5 Å². The smallest absolute Gasteiger partial charge is 0.311 e. The van der Waals surface area contributed by atoms with Gasteiger partial charge < -0.3 is 20.3 Å². The summed E-state index contributed by atoms with van der Waals surface area (Å²) in [5.74, 6) is 0.297. The predicted molar refractivity (Wildman–Crippen MR) is 91.3 cm³/mol. The van der Waals surface area contributed by atoms with Gasteiger partial charge in [-0.2, -0.15) is 0 Å². The first-order valence-corrected chi connectivity index (χ1v) is 9.21. The third kappa shape index (κ3) is 3.02. The summed E-state index contributed by atoms with van der Waals surface area (Å²) >= 11 is 0. The Hall–Kier alpha value is -0.910. The van der Waals surface area contributed by atoms with Crippen molar-refractivity contribution in [3.63, 3.8) is 0 Å². The molecule has 136 valence electrons. The Bertz CT molecular complexity index is 527. The molecule has 5 atom stereocenters. The number of allylic oxidation sites excluding steroid dienone is 1. The second kappa shape index (κ2) is 6.43. The van der Waals surface area contributed by atoms with E-state index in [4.69, 9.17) is 4.74 Å². The van der Waals surface area contributed by atoms with Gasteiger partial charge in [0, 0.05) is 12.5 Å². The zero-order valence-corrected chi connectivity index (χ0v) is 15.0. The van der Waals surface area contributed by atoms with Crippen molar-refractivity contribution in [3.05, 3.63) is 11.6 Å². The lowest BCUT2D eigenvalue weighted by atomic mass is 9.59. The van der Waals surface area contributed by atoms with Crippen molar-refractivity contribution in [2.75, 3.05) is 19.8 Å². The Morgan fingerprint density at radius 2 is 2.12 bits per heavy atom. The van der Waals surface area contributed by atoms with Gasteiger partial charge in [-0.15, -0.1) is 0 Å². The normalized spacial score (nSPS) is 39.0. The Morgan fingerprint density at radius 3 is 2.79 bits per heavy atom. The average molecular weight is 337 g/mol. The van der Waals surface area contributed by atoms with E-state index in [9.17, 15) is 15.0 Å². The standard InChI is InChI=1S/C19H31NO4/c1-12-5-4-6-18(2)8-16-13(7-15(12)18)14(17(23)24-16)9-20-19(3,10-21)11-22/h7,12-14,16,20-22H,4-6,8-11H2,1-3H3/t12-,13+,14+,16+,18+/m0/s1. The van der Waals surface area contributed by atoms with Crippen molar-refractivity contribution in [2.45, 2.75) is 58.1 Å². The highest BCUT2D eigenvalue weighted by molar-refractivity contribution is 5.76. The van der Waals surface area contributed by atoms with Crippen LogP contribution in [0.1, 0.15) is 46.5 Å². The second-order valence-corrected chi connectivity index (χ2v) is 8.60. The fourth-order valence-corrected chi connectivity index (χ4v) is 4.80. The third-order valence-electron chi connectivity index (χ3n) is 6.53. The van der Waals surface area contributed by atoms with E-state index >= 15 is 0 Å². The molecule has 1 heterocycles. The molecule has 3 rings (SSSR count). The van der Waals surface area contributed by atoms with E-state index in [-0.39, 0.29) is 42.5 Å². The number of carbonyl (C=O) groups excluding carboxylic acids is 1. The van der Waals surface area contributed by atoms with E-state index in [0.717, 1.165) is 6.42 Å². The number of esters is 1. The van der Waals surface area contributed by atoms with Crippen molar-refractivity contribution in [2.24, 2.45) is 23.2 Å². The Morgan fingerprint density at radius 1 is 1.42 bits per heavy atom. The highest BCUT2D eigenvalue weighted by atomic mass is 16.6. The molecule has 1 saturated heterocycles. The van der Waals surface area contributed by atoms with Crippen LogP contribution in [0.3, 0.4) is 0 Å². The topological polar surface area (TPSA) is 78.8 Å². The summed E-state index contributed by atoms with van der Waals surface area (Å²) in [6.07, 6.45) is 6.87. The van der Waals surface area contributed by atoms with Crippen LogP contribution in [0.4, 0.5) is 0 Å². The predicted octanol–water partition coefficient (Wildman–Crippen LogP) is 1.63. The Labute approximate surface area is 144 Å². The van der Waals surface area contributed by atoms with Crippen LogP contribution in [0, 0.1) is 23.2 Å². The molecule has 0 spiro atoms. The molecule has 0 aromatic heterocycles. The first-order valence-electron chi connectivity index (χ1n) is 9.21. The number of aliphatic hydroxyl groups is 2. The molecule has 0 aromatic carbocycles. The zero-order valence-electron chi connectivity index (χ0n) is 15.0. The fraction of sp³-hybridized carbons (Fsp3) is 0.842. The lowest BCUT2D eigenvalue weighted by molar-refractivity contribution is -0.145. The van der Waals surface area contributed by atoms with Crippen LogP contribution in [0.2, 0.25) is 0 Å². The lowest BCUT2D eigenvalue weighted by Crippen LogP contribution is -2.51. The van der Waals surface area contributed by atoms with E-state index in [1.54, 1.807) is 6.92 Å². The minimum Gasteiger partial charge on any atom is -0.461 e. The van der Waals surface area contributed by atoms with Gasteiger partial charge in [0.25, 0.3) is 0 Å². The summed E-state index contributed by atoms with van der Waals surface area (Å²) < 4.78 is 5.71. The van der Waals surface area contributed by atoms with E-state index < -0.39 is 5.54 Å². The molecule has 0 aromatic rings. The van der Waals surface area contributed by atoms with Crippen LogP contribution >= 0.6 is 0 Å². The summed E-state index contributed by atoms with van der Waals surface area (Å²) in [5, 5.41) is 22.0. The third-order valence-corrected chi connectivity index (χ3v) is 6.53. The van der Waals surface area contributed by atoms with Crippen LogP contribution in [0.25, 0.3) is 0 Å². The molecule has 0 radical (unpaired) electrons. The summed E-state index contributed by atoms with van der Waals surface area (Å²) in [7, 11) is 0. The van der Waals surface area contributed by atoms with Crippen LogP contribution in [0.5, 0.6) is 0 Å². The molecular weight excluding hydrogens is 306 g/mol. The number of hydrogen-bond acceptors (Lipinski definition) is 5. The van der Waals surface area contributed by atoms with Crippen LogP contribution < -0.4 is 5.32 Å². The first-order chi connectivity index (χ1) is 11.3. The maximum Gasteiger partial charge on any atom is 0.311 e. The summed E-state index contributed by atoms with van der Waals surface area (Å²) in [6, 6.07) is 0. The van der Waals surface area contributed by atoms with Crippen LogP contribution in [-0.4, -0.2) is 47.6 Å². The van der Waals surface area contributed by atoms with E-state index in [2.05, 4.69) is 25.2 Å². The second-order valence-electron chi connectivity index (χ2n) is 8.60. The Kier molecular flexibility index (Phi) is 4.80. The maximum atomic E-state index is 12.4. The minimum atomic E-state index is -0.771. The first kappa shape index (κ1) is 17.9. The lowest BCUT2D eigenvalue weighted by Gasteiger charge is -2.46. The van der Waals surface area contributed by atoms with Crippen molar-refractivity contribution in [1.29, 1.82) is 0 Å². The molecule has 0 bridgehead atoms. The highest BCUT2D eigenvalue weighted by Gasteiger charge is 2.51. The molecule has 2 aliphatic carbocycles. The molecule has 24 heavy (non-hydrogen) atoms. The fourth-order valence-electron chi connectivity index (χ4n) is 4.80. The number of fused-ring (bicyclic) bond motifs is 2. The van der Waals surface area contributed by atoms with Crippen molar-refractivity contribution in [1.82, 2.24) is 5.32 Å². The highest BCUT2D eigenvalue weighted by Crippen LogP contribution is 2.53. The number of carbonyl (C=O) groups is 1. The summed E-state index contributed by atoms with van der Waals surface area (Å²) in [4.78, 5) is 12.4. The van der Waals surface area contributed by atoms with Gasteiger partial charge in [0.05, 0.1) is 24.7 Å². The van der Waals surface area contributed by atoms with Gasteiger partial charge in [-0.3, -0.25) is 4.79 Å². The summed E-state index contributed by atoms with van der Waals surface area (Å²) in [6.45, 7) is 6.45. The van der Waals surface area contributed by atoms with Gasteiger partial charge >= 0.3 is 5.97 Å². The average Bonchev–Trinajstić information content (AvgIpc) is 2.84. The van der Waals surface area contributed by atoms with Crippen LogP contribution in [-0.2, 0) is 9.53 Å². The molecule has 3 aliphatic rings. The minimum absolute atomic E-state index is 0.0298. The molecule has 1 aliphatic heterocycles. The molecule has 5 nitrogen and oxygen atoms in total. The van der Waals surface area contributed by atoms with Gasteiger partial charge in [0.1, 0.15) is 6.10 Å². The monoisotopic (exact) mass is 337 g/mol. The van der Waals surface area contributed by atoms with Gasteiger partial charge in [0.15, 0.2) is 0 Å². The molecule has 3 N–H and O–H groups in total.